The van der Waals surface area contributed by atoms with Crippen molar-refractivity contribution in [2.24, 2.45) is 23.7 Å². The first-order valence-electron chi connectivity index (χ1n) is 11.4. The number of halogens is 1. The van der Waals surface area contributed by atoms with Crippen LogP contribution in [0, 0.1) is 23.7 Å². The molecule has 5 aliphatic rings. The predicted octanol–water partition coefficient (Wildman–Crippen LogP) is 0.799. The minimum Gasteiger partial charge on any atom is -0.381 e. The van der Waals surface area contributed by atoms with Crippen molar-refractivity contribution >= 4 is 23.2 Å². The second kappa shape index (κ2) is 8.01. The maximum absolute atomic E-state index is 14.2. The normalized spacial score (nSPS) is 52.7. The first-order valence-corrected chi connectivity index (χ1v) is 11.8. The van der Waals surface area contributed by atoms with Crippen LogP contribution in [0.3, 0.4) is 0 Å². The molecule has 174 valence electrons. The zero-order valence-electron chi connectivity index (χ0n) is 18.6. The summed E-state index contributed by atoms with van der Waals surface area (Å²) in [6.45, 7) is 3.31. The van der Waals surface area contributed by atoms with Crippen LogP contribution in [0.15, 0.2) is 0 Å². The van der Waals surface area contributed by atoms with E-state index in [1.165, 1.54) is 0 Å². The Labute approximate surface area is 188 Å². The van der Waals surface area contributed by atoms with E-state index in [9.17, 15) is 9.59 Å². The number of carbonyl (C=O) groups is 2. The van der Waals surface area contributed by atoms with E-state index in [1.807, 2.05) is 14.0 Å². The third-order valence-corrected chi connectivity index (χ3v) is 9.05. The zero-order chi connectivity index (χ0) is 22.1. The summed E-state index contributed by atoms with van der Waals surface area (Å²) >= 11 is 6.73. The third-order valence-electron chi connectivity index (χ3n) is 8.52. The lowest BCUT2D eigenvalue weighted by Gasteiger charge is -2.43. The number of ether oxygens (including phenoxy) is 4. The van der Waals surface area contributed by atoms with Crippen LogP contribution in [0.5, 0.6) is 0 Å². The number of ketones is 2. The van der Waals surface area contributed by atoms with Gasteiger partial charge in [0.2, 0.25) is 0 Å². The fourth-order valence-corrected chi connectivity index (χ4v) is 7.44. The van der Waals surface area contributed by atoms with Crippen LogP contribution in [0.1, 0.15) is 26.2 Å². The van der Waals surface area contributed by atoms with E-state index in [1.54, 1.807) is 14.2 Å². The molecule has 8 nitrogen and oxygen atoms in total. The largest absolute Gasteiger partial charge is 0.381 e. The van der Waals surface area contributed by atoms with Gasteiger partial charge in [0.25, 0.3) is 0 Å². The topological polar surface area (TPSA) is 86.3 Å². The van der Waals surface area contributed by atoms with Crippen molar-refractivity contribution in [1.82, 2.24) is 10.4 Å². The smallest absolute Gasteiger partial charge is 0.188 e. The lowest BCUT2D eigenvalue weighted by molar-refractivity contribution is -0.170. The molecule has 11 atom stereocenters. The van der Waals surface area contributed by atoms with E-state index in [0.29, 0.717) is 26.1 Å². The molecule has 0 bridgehead atoms. The van der Waals surface area contributed by atoms with Crippen LogP contribution < -0.4 is 5.43 Å². The van der Waals surface area contributed by atoms with Gasteiger partial charge in [0, 0.05) is 58.2 Å². The minimum absolute atomic E-state index is 0.000466. The number of alkyl halides is 1. The highest BCUT2D eigenvalue weighted by molar-refractivity contribution is 6.23. The first-order chi connectivity index (χ1) is 14.8. The summed E-state index contributed by atoms with van der Waals surface area (Å²) in [5.41, 5.74) is 2.03. The lowest BCUT2D eigenvalue weighted by atomic mass is 9.62. The Balaban J connectivity index is 1.51. The van der Waals surface area contributed by atoms with E-state index in [0.717, 1.165) is 6.42 Å². The third kappa shape index (κ3) is 3.02. The molecule has 31 heavy (non-hydrogen) atoms. The highest BCUT2D eigenvalue weighted by atomic mass is 35.5. The van der Waals surface area contributed by atoms with Crippen molar-refractivity contribution in [3.05, 3.63) is 0 Å². The van der Waals surface area contributed by atoms with Gasteiger partial charge < -0.3 is 18.9 Å². The maximum Gasteiger partial charge on any atom is 0.188 e. The number of methoxy groups -OCH3 is 2. The number of nitrogens with one attached hydrogen (secondary N) is 1. The van der Waals surface area contributed by atoms with Crippen LogP contribution in [-0.4, -0.2) is 92.4 Å². The van der Waals surface area contributed by atoms with Gasteiger partial charge in [-0.2, -0.15) is 0 Å². The molecule has 0 aromatic heterocycles. The summed E-state index contributed by atoms with van der Waals surface area (Å²) in [6.07, 6.45) is 0.850. The van der Waals surface area contributed by atoms with Gasteiger partial charge >= 0.3 is 0 Å². The van der Waals surface area contributed by atoms with Gasteiger partial charge in [-0.25, -0.2) is 5.01 Å². The van der Waals surface area contributed by atoms with Crippen molar-refractivity contribution < 1.29 is 28.5 Å². The molecule has 0 radical (unpaired) electrons. The molecule has 1 spiro atoms. The first kappa shape index (κ1) is 22.2. The second-order valence-corrected chi connectivity index (χ2v) is 10.4. The van der Waals surface area contributed by atoms with Crippen LogP contribution in [0.4, 0.5) is 0 Å². The number of carbonyl (C=O) groups excluding carboxylic acids is 2. The van der Waals surface area contributed by atoms with Gasteiger partial charge in [-0.15, -0.1) is 11.6 Å². The van der Waals surface area contributed by atoms with E-state index in [2.05, 4.69) is 10.4 Å². The molecule has 3 aliphatic heterocycles. The SMILES string of the molecule is COC1CC(OC)C2C(=O)[C@@]3(OC2C1Cl)C(=O)C1C(C[C@H]3C)NN(C)C1[C@@H]1CCOC1. The number of hydrogen-bond donors (Lipinski definition) is 1. The number of hydrogen-bond acceptors (Lipinski definition) is 8. The Morgan fingerprint density at radius 2 is 1.84 bits per heavy atom. The summed E-state index contributed by atoms with van der Waals surface area (Å²) in [4.78, 5) is 28.2. The number of fused-ring (bicyclic) bond motifs is 2. The fraction of sp³-hybridized carbons (Fsp3) is 0.909. The average Bonchev–Trinajstić information content (AvgIpc) is 3.45. The Kier molecular flexibility index (Phi) is 5.73. The van der Waals surface area contributed by atoms with Gasteiger partial charge in [-0.1, -0.05) is 6.92 Å². The summed E-state index contributed by atoms with van der Waals surface area (Å²) in [5, 5.41) is 1.56. The second-order valence-electron chi connectivity index (χ2n) is 9.92. The van der Waals surface area contributed by atoms with Crippen LogP contribution in [0.2, 0.25) is 0 Å². The molecule has 0 aromatic rings. The molecule has 2 saturated carbocycles. The standard InChI is InChI=1S/C22H33ClN2O6/c1-10-7-12-15(18(25(2)24-12)11-5-6-30-9-11)20(26)22(10)21(27)16-13(28-3)8-14(29-4)17(23)19(16)31-22/h10-19,24H,5-9H2,1-4H3/t10-,11-,12?,13?,14?,15?,16?,17?,18?,19?,22+/m1/s1. The van der Waals surface area contributed by atoms with Crippen LogP contribution >= 0.6 is 11.6 Å². The molecular weight excluding hydrogens is 424 g/mol. The highest BCUT2D eigenvalue weighted by Gasteiger charge is 2.71. The van der Waals surface area contributed by atoms with Crippen molar-refractivity contribution in [2.45, 2.75) is 67.6 Å². The molecule has 9 heteroatoms. The molecule has 3 saturated heterocycles. The van der Waals surface area contributed by atoms with Crippen LogP contribution in [-0.2, 0) is 28.5 Å². The molecule has 1 N–H and O–H groups in total. The summed E-state index contributed by atoms with van der Waals surface area (Å²) in [7, 11) is 5.18. The maximum atomic E-state index is 14.2. The van der Waals surface area contributed by atoms with Crippen LogP contribution in [0.25, 0.3) is 0 Å². The number of Topliss-reactive ketones (excluding diaryl/α,β-unsaturated/α-hetero) is 2. The number of rotatable bonds is 3. The molecule has 0 aromatic carbocycles. The number of hydrazine groups is 1. The molecular formula is C22H33ClN2O6. The van der Waals surface area contributed by atoms with E-state index >= 15 is 0 Å². The molecule has 3 heterocycles. The van der Waals surface area contributed by atoms with Crippen molar-refractivity contribution in [3.63, 3.8) is 0 Å². The number of nitrogens with zero attached hydrogens (tertiary/aromatic N) is 1. The highest BCUT2D eigenvalue weighted by Crippen LogP contribution is 2.53. The van der Waals surface area contributed by atoms with E-state index < -0.39 is 23.0 Å². The lowest BCUT2D eigenvalue weighted by Crippen LogP contribution is -2.62. The summed E-state index contributed by atoms with van der Waals surface area (Å²) in [6, 6.07) is -0.0142. The van der Waals surface area contributed by atoms with Crippen molar-refractivity contribution in [2.75, 3.05) is 34.5 Å². The Bertz CT molecular complexity index is 748. The van der Waals surface area contributed by atoms with Gasteiger partial charge in [0.05, 0.1) is 42.1 Å². The molecule has 8 unspecified atom stereocenters. The molecule has 5 fully saturated rings. The van der Waals surface area contributed by atoms with Gasteiger partial charge in [-0.05, 0) is 12.8 Å². The molecule has 2 aliphatic carbocycles. The molecule has 0 amide bonds. The van der Waals surface area contributed by atoms with Crippen molar-refractivity contribution in [3.8, 4) is 0 Å². The van der Waals surface area contributed by atoms with E-state index in [-0.39, 0.29) is 53.6 Å². The minimum atomic E-state index is -1.46. The summed E-state index contributed by atoms with van der Waals surface area (Å²) in [5.74, 6) is -1.12. The molecule has 5 rings (SSSR count). The summed E-state index contributed by atoms with van der Waals surface area (Å²) < 4.78 is 23.4. The van der Waals surface area contributed by atoms with Gasteiger partial charge in [0.1, 0.15) is 0 Å². The quantitative estimate of drug-likeness (QED) is 0.493. The Hall–Kier alpha value is -0.610. The monoisotopic (exact) mass is 456 g/mol. The Morgan fingerprint density at radius 3 is 2.48 bits per heavy atom. The van der Waals surface area contributed by atoms with Gasteiger partial charge in [-0.3, -0.25) is 15.0 Å². The Morgan fingerprint density at radius 1 is 1.13 bits per heavy atom. The predicted molar refractivity (Wildman–Crippen MR) is 112 cm³/mol. The fourth-order valence-electron chi connectivity index (χ4n) is 7.02. The van der Waals surface area contributed by atoms with E-state index in [4.69, 9.17) is 30.5 Å². The van der Waals surface area contributed by atoms with Gasteiger partial charge in [0.15, 0.2) is 17.2 Å². The zero-order valence-corrected chi connectivity index (χ0v) is 19.3. The van der Waals surface area contributed by atoms with Crippen molar-refractivity contribution in [1.29, 1.82) is 0 Å². The average molecular weight is 457 g/mol.